The minimum Gasteiger partial charge on any atom is -0.478 e. The van der Waals surface area contributed by atoms with Crippen LogP contribution in [0.4, 0.5) is 5.69 Å². The third-order valence-corrected chi connectivity index (χ3v) is 2.70. The molecule has 1 heterocycles. The Morgan fingerprint density at radius 2 is 2.11 bits per heavy atom. The zero-order valence-corrected chi connectivity index (χ0v) is 10.9. The Morgan fingerprint density at radius 3 is 2.84 bits per heavy atom. The van der Waals surface area contributed by atoms with Gasteiger partial charge in [-0.05, 0) is 18.2 Å². The van der Waals surface area contributed by atoms with Crippen LogP contribution in [-0.2, 0) is 6.54 Å². The lowest BCUT2D eigenvalue weighted by Crippen LogP contribution is -2.03. The molecule has 0 unspecified atom stereocenters. The molecule has 96 valence electrons. The summed E-state index contributed by atoms with van der Waals surface area (Å²) in [6, 6.07) is 13.1. The van der Waals surface area contributed by atoms with Crippen LogP contribution in [0.1, 0.15) is 5.56 Å². The summed E-state index contributed by atoms with van der Waals surface area (Å²) in [4.78, 5) is 3.99. The first kappa shape index (κ1) is 13.2. The molecule has 0 aliphatic heterocycles. The van der Waals surface area contributed by atoms with E-state index in [1.54, 1.807) is 12.3 Å². The van der Waals surface area contributed by atoms with E-state index in [0.717, 1.165) is 11.3 Å². The van der Waals surface area contributed by atoms with Crippen LogP contribution in [0.3, 0.4) is 0 Å². The zero-order chi connectivity index (χ0) is 13.5. The Morgan fingerprint density at radius 1 is 1.26 bits per heavy atom. The summed E-state index contributed by atoms with van der Waals surface area (Å²) in [5, 5.41) is 12.2. The van der Waals surface area contributed by atoms with E-state index in [2.05, 4.69) is 10.3 Å². The van der Waals surface area contributed by atoms with Crippen molar-refractivity contribution in [2.75, 3.05) is 11.9 Å². The molecule has 0 radical (unpaired) electrons. The molecular weight excluding hydrogens is 262 g/mol. The molecule has 0 spiro atoms. The van der Waals surface area contributed by atoms with Crippen LogP contribution in [0.25, 0.3) is 0 Å². The summed E-state index contributed by atoms with van der Waals surface area (Å²) in [5.74, 6) is 0.707. The number of halogens is 1. The highest BCUT2D eigenvalue weighted by molar-refractivity contribution is 6.29. The molecule has 5 heteroatoms. The fourth-order valence-corrected chi connectivity index (χ4v) is 1.69. The molecule has 4 nitrogen and oxygen atoms in total. The molecule has 0 atom stereocenters. The molecular formula is C14H12ClN3O. The molecule has 19 heavy (non-hydrogen) atoms. The van der Waals surface area contributed by atoms with E-state index in [4.69, 9.17) is 21.6 Å². The van der Waals surface area contributed by atoms with Crippen molar-refractivity contribution in [2.24, 2.45) is 0 Å². The summed E-state index contributed by atoms with van der Waals surface area (Å²) in [5.41, 5.74) is 1.85. The molecule has 2 rings (SSSR count). The number of nitriles is 1. The second kappa shape index (κ2) is 6.62. The molecule has 0 saturated carbocycles. The van der Waals surface area contributed by atoms with Gasteiger partial charge in [0.15, 0.2) is 6.61 Å². The van der Waals surface area contributed by atoms with Crippen LogP contribution in [-0.4, -0.2) is 11.6 Å². The molecule has 1 N–H and O–H groups in total. The minimum atomic E-state index is 0.0412. The van der Waals surface area contributed by atoms with Gasteiger partial charge in [0.1, 0.15) is 17.0 Å². The van der Waals surface area contributed by atoms with Gasteiger partial charge in [-0.1, -0.05) is 29.8 Å². The number of nitrogens with zero attached hydrogens (tertiary/aromatic N) is 2. The number of pyridine rings is 1. The van der Waals surface area contributed by atoms with E-state index in [1.807, 2.05) is 36.4 Å². The fourth-order valence-electron chi connectivity index (χ4n) is 1.58. The maximum atomic E-state index is 8.54. The van der Waals surface area contributed by atoms with Gasteiger partial charge in [-0.25, -0.2) is 4.98 Å². The van der Waals surface area contributed by atoms with Crippen LogP contribution in [0.2, 0.25) is 5.15 Å². The van der Waals surface area contributed by atoms with Gasteiger partial charge < -0.3 is 10.1 Å². The number of anilines is 1. The van der Waals surface area contributed by atoms with Gasteiger partial charge in [-0.15, -0.1) is 0 Å². The first-order valence-corrected chi connectivity index (χ1v) is 6.10. The summed E-state index contributed by atoms with van der Waals surface area (Å²) >= 11 is 5.72. The second-order valence-electron chi connectivity index (χ2n) is 3.78. The van der Waals surface area contributed by atoms with Crippen LogP contribution in [0.5, 0.6) is 5.75 Å². The van der Waals surface area contributed by atoms with Gasteiger partial charge in [0.2, 0.25) is 0 Å². The average molecular weight is 274 g/mol. The van der Waals surface area contributed by atoms with Crippen molar-refractivity contribution in [2.45, 2.75) is 6.54 Å². The third-order valence-electron chi connectivity index (χ3n) is 2.48. The first-order valence-electron chi connectivity index (χ1n) is 5.72. The number of nitrogens with one attached hydrogen (secondary N) is 1. The second-order valence-corrected chi connectivity index (χ2v) is 4.16. The van der Waals surface area contributed by atoms with E-state index in [1.165, 1.54) is 0 Å². The van der Waals surface area contributed by atoms with Gasteiger partial charge in [0, 0.05) is 12.1 Å². The Balaban J connectivity index is 2.03. The normalized spacial score (nSPS) is 9.68. The minimum absolute atomic E-state index is 0.0412. The average Bonchev–Trinajstić information content (AvgIpc) is 2.45. The highest BCUT2D eigenvalue weighted by Crippen LogP contribution is 2.19. The number of para-hydroxylation sites is 1. The zero-order valence-electron chi connectivity index (χ0n) is 10.1. The summed E-state index contributed by atoms with van der Waals surface area (Å²) < 4.78 is 5.36. The van der Waals surface area contributed by atoms with Crippen LogP contribution >= 0.6 is 11.6 Å². The molecule has 0 aliphatic carbocycles. The van der Waals surface area contributed by atoms with Crippen molar-refractivity contribution in [1.29, 1.82) is 5.26 Å². The van der Waals surface area contributed by atoms with Gasteiger partial charge >= 0.3 is 0 Å². The Bertz CT molecular complexity index is 578. The number of benzene rings is 1. The van der Waals surface area contributed by atoms with E-state index >= 15 is 0 Å². The van der Waals surface area contributed by atoms with Crippen molar-refractivity contribution in [3.63, 3.8) is 0 Å². The number of hydrogen-bond acceptors (Lipinski definition) is 4. The third kappa shape index (κ3) is 3.87. The molecule has 0 fully saturated rings. The predicted octanol–water partition coefficient (Wildman–Crippen LogP) is 3.25. The van der Waals surface area contributed by atoms with Gasteiger partial charge in [-0.2, -0.15) is 5.26 Å². The van der Waals surface area contributed by atoms with Gasteiger partial charge in [0.25, 0.3) is 0 Å². The topological polar surface area (TPSA) is 57.9 Å². The lowest BCUT2D eigenvalue weighted by molar-refractivity contribution is 0.364. The molecule has 0 aliphatic rings. The number of rotatable bonds is 5. The van der Waals surface area contributed by atoms with Crippen molar-refractivity contribution >= 4 is 17.3 Å². The largest absolute Gasteiger partial charge is 0.478 e. The van der Waals surface area contributed by atoms with Gasteiger partial charge in [-0.3, -0.25) is 0 Å². The molecule has 1 aromatic carbocycles. The Hall–Kier alpha value is -2.25. The standard InChI is InChI=1S/C14H12ClN3O/c15-14-6-5-12(10-18-14)17-9-11-3-1-2-4-13(11)19-8-7-16/h1-6,10,17H,8-9H2. The summed E-state index contributed by atoms with van der Waals surface area (Å²) in [6.45, 7) is 0.629. The van der Waals surface area contributed by atoms with Gasteiger partial charge in [0.05, 0.1) is 11.9 Å². The molecule has 2 aromatic rings. The maximum Gasteiger partial charge on any atom is 0.174 e. The van der Waals surface area contributed by atoms with Crippen LogP contribution in [0, 0.1) is 11.3 Å². The summed E-state index contributed by atoms with van der Waals surface area (Å²) in [6.07, 6.45) is 1.67. The summed E-state index contributed by atoms with van der Waals surface area (Å²) in [7, 11) is 0. The molecule has 0 saturated heterocycles. The molecule has 0 amide bonds. The smallest absolute Gasteiger partial charge is 0.174 e. The quantitative estimate of drug-likeness (QED) is 0.850. The predicted molar refractivity (Wildman–Crippen MR) is 74.1 cm³/mol. The highest BCUT2D eigenvalue weighted by atomic mass is 35.5. The van der Waals surface area contributed by atoms with Crippen LogP contribution in [0.15, 0.2) is 42.6 Å². The van der Waals surface area contributed by atoms with E-state index in [-0.39, 0.29) is 6.61 Å². The molecule has 0 bridgehead atoms. The monoisotopic (exact) mass is 273 g/mol. The maximum absolute atomic E-state index is 8.54. The number of aromatic nitrogens is 1. The number of ether oxygens (including phenoxy) is 1. The molecule has 1 aromatic heterocycles. The van der Waals surface area contributed by atoms with E-state index < -0.39 is 0 Å². The van der Waals surface area contributed by atoms with Crippen molar-refractivity contribution in [3.05, 3.63) is 53.3 Å². The number of hydrogen-bond donors (Lipinski definition) is 1. The van der Waals surface area contributed by atoms with E-state index in [9.17, 15) is 0 Å². The Kier molecular flexibility index (Phi) is 4.60. The van der Waals surface area contributed by atoms with Crippen molar-refractivity contribution in [1.82, 2.24) is 4.98 Å². The first-order chi connectivity index (χ1) is 9.29. The van der Waals surface area contributed by atoms with Crippen LogP contribution < -0.4 is 10.1 Å². The van der Waals surface area contributed by atoms with Crippen molar-refractivity contribution < 1.29 is 4.74 Å². The lowest BCUT2D eigenvalue weighted by Gasteiger charge is -2.10. The lowest BCUT2D eigenvalue weighted by atomic mass is 10.2. The SMILES string of the molecule is N#CCOc1ccccc1CNc1ccc(Cl)nc1. The fraction of sp³-hybridized carbons (Fsp3) is 0.143. The van der Waals surface area contributed by atoms with Crippen molar-refractivity contribution in [3.8, 4) is 11.8 Å². The van der Waals surface area contributed by atoms with E-state index in [0.29, 0.717) is 17.4 Å². The Labute approximate surface area is 116 Å². The highest BCUT2D eigenvalue weighted by Gasteiger charge is 2.02.